The predicted molar refractivity (Wildman–Crippen MR) is 73.2 cm³/mol. The largest absolute Gasteiger partial charge is 0.338 e. The molecule has 0 saturated carbocycles. The molecule has 3 aromatic rings. The number of halogens is 1. The Kier molecular flexibility index (Phi) is 2.68. The molecule has 0 bridgehead atoms. The Labute approximate surface area is 113 Å². The fraction of sp³-hybridized carbons (Fsp3) is 0. The Morgan fingerprint density at radius 1 is 1.16 bits per heavy atom. The van der Waals surface area contributed by atoms with Crippen LogP contribution in [-0.2, 0) is 0 Å². The number of fused-ring (bicyclic) bond motifs is 1. The number of imidazole rings is 1. The van der Waals surface area contributed by atoms with E-state index in [0.29, 0.717) is 16.4 Å². The Balaban J connectivity index is 2.09. The average molecular weight is 274 g/mol. The van der Waals surface area contributed by atoms with Crippen LogP contribution in [0.3, 0.4) is 0 Å². The summed E-state index contributed by atoms with van der Waals surface area (Å²) >= 11 is 6.05. The molecule has 3 rings (SSSR count). The third-order valence-corrected chi connectivity index (χ3v) is 3.12. The maximum absolute atomic E-state index is 10.6. The Morgan fingerprint density at radius 3 is 2.53 bits per heavy atom. The number of nitro groups is 1. The molecule has 0 radical (unpaired) electrons. The maximum Gasteiger partial charge on any atom is 0.269 e. The van der Waals surface area contributed by atoms with Crippen molar-refractivity contribution in [1.29, 1.82) is 0 Å². The van der Waals surface area contributed by atoms with Gasteiger partial charge in [-0.2, -0.15) is 0 Å². The van der Waals surface area contributed by atoms with Crippen molar-refractivity contribution in [3.8, 4) is 11.4 Å². The molecule has 0 atom stereocenters. The number of hydrogen-bond acceptors (Lipinski definition) is 3. The lowest BCUT2D eigenvalue weighted by Gasteiger charge is -1.95. The van der Waals surface area contributed by atoms with Crippen LogP contribution in [0.25, 0.3) is 22.4 Å². The van der Waals surface area contributed by atoms with E-state index in [1.54, 1.807) is 18.2 Å². The first-order valence-corrected chi connectivity index (χ1v) is 5.92. The van der Waals surface area contributed by atoms with Gasteiger partial charge >= 0.3 is 0 Å². The van der Waals surface area contributed by atoms with Crippen LogP contribution in [0.1, 0.15) is 0 Å². The van der Waals surface area contributed by atoms with Gasteiger partial charge in [-0.25, -0.2) is 4.98 Å². The van der Waals surface area contributed by atoms with Crippen molar-refractivity contribution >= 4 is 28.3 Å². The zero-order valence-corrected chi connectivity index (χ0v) is 10.4. The summed E-state index contributed by atoms with van der Waals surface area (Å²) in [6, 6.07) is 11.7. The van der Waals surface area contributed by atoms with Gasteiger partial charge in [0.2, 0.25) is 0 Å². The molecule has 1 aromatic heterocycles. The third kappa shape index (κ3) is 2.04. The van der Waals surface area contributed by atoms with E-state index in [0.717, 1.165) is 11.1 Å². The molecule has 0 spiro atoms. The number of rotatable bonds is 2. The monoisotopic (exact) mass is 273 g/mol. The number of hydrogen-bond donors (Lipinski definition) is 1. The molecule has 0 saturated heterocycles. The van der Waals surface area contributed by atoms with Gasteiger partial charge in [0.05, 0.1) is 15.5 Å². The van der Waals surface area contributed by atoms with E-state index >= 15 is 0 Å². The number of aromatic amines is 1. The summed E-state index contributed by atoms with van der Waals surface area (Å²) in [5.41, 5.74) is 2.36. The molecule has 0 unspecified atom stereocenters. The van der Waals surface area contributed by atoms with E-state index in [1.165, 1.54) is 12.1 Å². The Bertz CT molecular complexity index is 765. The number of nitrogens with zero attached hydrogens (tertiary/aromatic N) is 2. The van der Waals surface area contributed by atoms with E-state index in [4.69, 9.17) is 11.6 Å². The summed E-state index contributed by atoms with van der Waals surface area (Å²) in [5.74, 6) is 0.637. The average Bonchev–Trinajstić information content (AvgIpc) is 2.84. The van der Waals surface area contributed by atoms with Crippen molar-refractivity contribution in [1.82, 2.24) is 9.97 Å². The van der Waals surface area contributed by atoms with Crippen molar-refractivity contribution in [3.63, 3.8) is 0 Å². The molecule has 19 heavy (non-hydrogen) atoms. The third-order valence-electron chi connectivity index (χ3n) is 2.82. The van der Waals surface area contributed by atoms with Gasteiger partial charge < -0.3 is 4.98 Å². The van der Waals surface area contributed by atoms with Gasteiger partial charge in [0, 0.05) is 17.7 Å². The SMILES string of the molecule is O=[N+]([O-])c1ccc(-c2nc3c(Cl)cccc3[nH]2)cc1. The van der Waals surface area contributed by atoms with Gasteiger partial charge in [0.25, 0.3) is 5.69 Å². The van der Waals surface area contributed by atoms with Crippen molar-refractivity contribution < 1.29 is 4.92 Å². The summed E-state index contributed by atoms with van der Waals surface area (Å²) in [4.78, 5) is 17.7. The minimum Gasteiger partial charge on any atom is -0.338 e. The van der Waals surface area contributed by atoms with Crippen LogP contribution in [0.5, 0.6) is 0 Å². The first-order chi connectivity index (χ1) is 9.15. The summed E-state index contributed by atoms with van der Waals surface area (Å²) in [5, 5.41) is 11.2. The normalized spacial score (nSPS) is 10.8. The van der Waals surface area contributed by atoms with Gasteiger partial charge in [-0.3, -0.25) is 10.1 Å². The van der Waals surface area contributed by atoms with Crippen molar-refractivity contribution in [2.45, 2.75) is 0 Å². The van der Waals surface area contributed by atoms with E-state index in [2.05, 4.69) is 9.97 Å². The standard InChI is InChI=1S/C13H8ClN3O2/c14-10-2-1-3-11-12(10)16-13(15-11)8-4-6-9(7-5-8)17(18)19/h1-7H,(H,15,16). The lowest BCUT2D eigenvalue weighted by Crippen LogP contribution is -1.87. The van der Waals surface area contributed by atoms with Crippen molar-refractivity contribution in [3.05, 3.63) is 57.6 Å². The highest BCUT2D eigenvalue weighted by Gasteiger charge is 2.09. The Morgan fingerprint density at radius 2 is 1.89 bits per heavy atom. The quantitative estimate of drug-likeness (QED) is 0.570. The molecule has 2 aromatic carbocycles. The number of aromatic nitrogens is 2. The van der Waals surface area contributed by atoms with Crippen molar-refractivity contribution in [2.75, 3.05) is 0 Å². The van der Waals surface area contributed by atoms with Crippen LogP contribution in [0.2, 0.25) is 5.02 Å². The molecule has 1 N–H and O–H groups in total. The van der Waals surface area contributed by atoms with Gasteiger partial charge in [-0.15, -0.1) is 0 Å². The molecular formula is C13H8ClN3O2. The van der Waals surface area contributed by atoms with Crippen molar-refractivity contribution in [2.24, 2.45) is 0 Å². The highest BCUT2D eigenvalue weighted by atomic mass is 35.5. The highest BCUT2D eigenvalue weighted by molar-refractivity contribution is 6.34. The molecule has 1 heterocycles. The number of nitro benzene ring substituents is 1. The van der Waals surface area contributed by atoms with Crippen LogP contribution < -0.4 is 0 Å². The zero-order valence-electron chi connectivity index (χ0n) is 9.63. The molecule has 94 valence electrons. The molecule has 6 heteroatoms. The number of nitrogens with one attached hydrogen (secondary N) is 1. The minimum atomic E-state index is -0.431. The van der Waals surface area contributed by atoms with Crippen LogP contribution >= 0.6 is 11.6 Å². The maximum atomic E-state index is 10.6. The van der Waals surface area contributed by atoms with Crippen LogP contribution in [0.4, 0.5) is 5.69 Å². The smallest absolute Gasteiger partial charge is 0.269 e. The molecule has 0 aliphatic heterocycles. The molecule has 0 aliphatic carbocycles. The van der Waals surface area contributed by atoms with Gasteiger partial charge in [0.1, 0.15) is 11.3 Å². The summed E-state index contributed by atoms with van der Waals surface area (Å²) in [6.45, 7) is 0. The van der Waals surface area contributed by atoms with Gasteiger partial charge in [-0.1, -0.05) is 17.7 Å². The lowest BCUT2D eigenvalue weighted by atomic mass is 10.2. The number of non-ortho nitro benzene ring substituents is 1. The Hall–Kier alpha value is -2.40. The molecular weight excluding hydrogens is 266 g/mol. The predicted octanol–water partition coefficient (Wildman–Crippen LogP) is 3.79. The summed E-state index contributed by atoms with van der Waals surface area (Å²) < 4.78 is 0. The molecule has 5 nitrogen and oxygen atoms in total. The molecule has 0 aliphatic rings. The van der Waals surface area contributed by atoms with Gasteiger partial charge in [-0.05, 0) is 24.3 Å². The second-order valence-electron chi connectivity index (χ2n) is 4.03. The second kappa shape index (κ2) is 4.37. The van der Waals surface area contributed by atoms with Crippen LogP contribution in [0.15, 0.2) is 42.5 Å². The fourth-order valence-corrected chi connectivity index (χ4v) is 2.09. The van der Waals surface area contributed by atoms with Gasteiger partial charge in [0.15, 0.2) is 0 Å². The first-order valence-electron chi connectivity index (χ1n) is 5.54. The minimum absolute atomic E-state index is 0.0536. The van der Waals surface area contributed by atoms with Crippen LogP contribution in [0, 0.1) is 10.1 Å². The summed E-state index contributed by atoms with van der Waals surface area (Å²) in [6.07, 6.45) is 0. The first kappa shape index (κ1) is 11.7. The molecule has 0 fully saturated rings. The second-order valence-corrected chi connectivity index (χ2v) is 4.43. The zero-order chi connectivity index (χ0) is 13.4. The fourth-order valence-electron chi connectivity index (χ4n) is 1.87. The number of para-hydroxylation sites is 1. The number of H-pyrrole nitrogens is 1. The topological polar surface area (TPSA) is 71.8 Å². The molecule has 0 amide bonds. The van der Waals surface area contributed by atoms with E-state index < -0.39 is 4.92 Å². The summed E-state index contributed by atoms with van der Waals surface area (Å²) in [7, 11) is 0. The van der Waals surface area contributed by atoms with Crippen LogP contribution in [-0.4, -0.2) is 14.9 Å². The van der Waals surface area contributed by atoms with E-state index in [9.17, 15) is 10.1 Å². The van der Waals surface area contributed by atoms with E-state index in [1.807, 2.05) is 12.1 Å². The van der Waals surface area contributed by atoms with E-state index in [-0.39, 0.29) is 5.69 Å². The highest BCUT2D eigenvalue weighted by Crippen LogP contribution is 2.26. The lowest BCUT2D eigenvalue weighted by molar-refractivity contribution is -0.384. The number of benzene rings is 2.